The number of aromatic nitrogens is 1. The van der Waals surface area contributed by atoms with Gasteiger partial charge < -0.3 is 4.90 Å². The van der Waals surface area contributed by atoms with Crippen molar-refractivity contribution in [2.24, 2.45) is 0 Å². The van der Waals surface area contributed by atoms with E-state index in [1.165, 1.54) is 24.1 Å². The Hall–Kier alpha value is -1.94. The van der Waals surface area contributed by atoms with E-state index < -0.39 is 5.82 Å². The monoisotopic (exact) mass is 306 g/mol. The number of hydrogen-bond acceptors (Lipinski definition) is 2. The molecule has 0 aliphatic heterocycles. The Bertz CT molecular complexity index is 660. The number of carbonyl (C=O) groups excluding carboxylic acids is 1. The van der Waals surface area contributed by atoms with Crippen molar-refractivity contribution in [3.8, 4) is 0 Å². The first kappa shape index (κ1) is 15.4. The van der Waals surface area contributed by atoms with E-state index in [-0.39, 0.29) is 16.7 Å². The van der Waals surface area contributed by atoms with E-state index in [0.717, 1.165) is 18.5 Å². The lowest BCUT2D eigenvalue weighted by Crippen LogP contribution is -2.27. The standard InChI is InChI=1S/C16H16ClFN2O/c1-3-6-12-9-11(10-15(17)19-12)16(21)20(2)14-8-5-4-7-13(14)18/h4-5,7-10H,3,6H2,1-2H3. The molecule has 0 radical (unpaired) electrons. The van der Waals surface area contributed by atoms with Crippen LogP contribution in [-0.4, -0.2) is 17.9 Å². The van der Waals surface area contributed by atoms with Crippen molar-refractivity contribution in [2.45, 2.75) is 19.8 Å². The van der Waals surface area contributed by atoms with E-state index in [1.807, 2.05) is 6.92 Å². The third-order valence-corrected chi connectivity index (χ3v) is 3.31. The van der Waals surface area contributed by atoms with Crippen molar-refractivity contribution in [1.82, 2.24) is 4.98 Å². The van der Waals surface area contributed by atoms with Gasteiger partial charge in [-0.05, 0) is 30.7 Å². The van der Waals surface area contributed by atoms with Crippen LogP contribution in [0.4, 0.5) is 10.1 Å². The summed E-state index contributed by atoms with van der Waals surface area (Å²) in [4.78, 5) is 17.9. The lowest BCUT2D eigenvalue weighted by atomic mass is 10.1. The molecular formula is C16H16ClFN2O. The second-order valence-corrected chi connectivity index (χ2v) is 5.12. The number of hydrogen-bond donors (Lipinski definition) is 0. The summed E-state index contributed by atoms with van der Waals surface area (Å²) in [5.74, 6) is -0.760. The van der Waals surface area contributed by atoms with E-state index in [0.29, 0.717) is 5.56 Å². The molecule has 1 aromatic carbocycles. The minimum absolute atomic E-state index is 0.229. The maximum Gasteiger partial charge on any atom is 0.258 e. The molecule has 0 unspecified atom stereocenters. The highest BCUT2D eigenvalue weighted by Crippen LogP contribution is 2.21. The lowest BCUT2D eigenvalue weighted by Gasteiger charge is -2.18. The number of para-hydroxylation sites is 1. The average Bonchev–Trinajstić information content (AvgIpc) is 2.46. The fourth-order valence-corrected chi connectivity index (χ4v) is 2.31. The Kier molecular flexibility index (Phi) is 4.91. The van der Waals surface area contributed by atoms with Crippen LogP contribution in [0.1, 0.15) is 29.4 Å². The number of carbonyl (C=O) groups is 1. The highest BCUT2D eigenvalue weighted by molar-refractivity contribution is 6.29. The summed E-state index contributed by atoms with van der Waals surface area (Å²) in [6, 6.07) is 9.35. The van der Waals surface area contributed by atoms with Gasteiger partial charge in [0.25, 0.3) is 5.91 Å². The molecule has 0 fully saturated rings. The number of nitrogens with zero attached hydrogens (tertiary/aromatic N) is 2. The molecule has 1 heterocycles. The summed E-state index contributed by atoms with van der Waals surface area (Å²) in [7, 11) is 1.54. The predicted molar refractivity (Wildman–Crippen MR) is 82.4 cm³/mol. The van der Waals surface area contributed by atoms with Gasteiger partial charge in [-0.3, -0.25) is 4.79 Å². The third kappa shape index (κ3) is 3.58. The number of anilines is 1. The molecule has 0 bridgehead atoms. The lowest BCUT2D eigenvalue weighted by molar-refractivity contribution is 0.0992. The van der Waals surface area contributed by atoms with Crippen LogP contribution in [0.25, 0.3) is 0 Å². The first-order valence-corrected chi connectivity index (χ1v) is 7.09. The normalized spacial score (nSPS) is 10.5. The minimum Gasteiger partial charge on any atom is -0.309 e. The summed E-state index contributed by atoms with van der Waals surface area (Å²) in [5.41, 5.74) is 1.40. The van der Waals surface area contributed by atoms with Gasteiger partial charge in [-0.15, -0.1) is 0 Å². The topological polar surface area (TPSA) is 33.2 Å². The molecule has 0 aliphatic carbocycles. The number of amides is 1. The van der Waals surface area contributed by atoms with Gasteiger partial charge in [0.1, 0.15) is 11.0 Å². The average molecular weight is 307 g/mol. The third-order valence-electron chi connectivity index (χ3n) is 3.12. The largest absolute Gasteiger partial charge is 0.309 e. The molecular weight excluding hydrogens is 291 g/mol. The first-order chi connectivity index (χ1) is 10.0. The van der Waals surface area contributed by atoms with Crippen molar-refractivity contribution >= 4 is 23.2 Å². The molecule has 1 aromatic heterocycles. The van der Waals surface area contributed by atoms with Gasteiger partial charge in [-0.25, -0.2) is 9.37 Å². The molecule has 1 amide bonds. The van der Waals surface area contributed by atoms with E-state index in [2.05, 4.69) is 4.98 Å². The smallest absolute Gasteiger partial charge is 0.258 e. The van der Waals surface area contributed by atoms with E-state index in [9.17, 15) is 9.18 Å². The zero-order valence-corrected chi connectivity index (χ0v) is 12.7. The SMILES string of the molecule is CCCc1cc(C(=O)N(C)c2ccccc2F)cc(Cl)n1. The molecule has 3 nitrogen and oxygen atoms in total. The molecule has 5 heteroatoms. The van der Waals surface area contributed by atoms with Gasteiger partial charge >= 0.3 is 0 Å². The molecule has 2 aromatic rings. The van der Waals surface area contributed by atoms with Crippen LogP contribution >= 0.6 is 11.6 Å². The van der Waals surface area contributed by atoms with Gasteiger partial charge in [-0.1, -0.05) is 37.1 Å². The Balaban J connectivity index is 2.33. The van der Waals surface area contributed by atoms with Crippen molar-refractivity contribution in [1.29, 1.82) is 0 Å². The van der Waals surface area contributed by atoms with Gasteiger partial charge in [0.15, 0.2) is 0 Å². The highest BCUT2D eigenvalue weighted by atomic mass is 35.5. The number of rotatable bonds is 4. The van der Waals surface area contributed by atoms with Gasteiger partial charge in [0, 0.05) is 18.3 Å². The molecule has 0 saturated carbocycles. The molecule has 0 saturated heterocycles. The van der Waals surface area contributed by atoms with Crippen LogP contribution in [0.5, 0.6) is 0 Å². The maximum atomic E-state index is 13.8. The van der Waals surface area contributed by atoms with E-state index in [1.54, 1.807) is 24.3 Å². The highest BCUT2D eigenvalue weighted by Gasteiger charge is 2.17. The molecule has 0 aliphatic rings. The van der Waals surface area contributed by atoms with E-state index in [4.69, 9.17) is 11.6 Å². The van der Waals surface area contributed by atoms with Crippen molar-refractivity contribution in [2.75, 3.05) is 11.9 Å². The first-order valence-electron chi connectivity index (χ1n) is 6.72. The van der Waals surface area contributed by atoms with Crippen LogP contribution in [-0.2, 0) is 6.42 Å². The Labute approximate surface area is 128 Å². The Morgan fingerprint density at radius 2 is 2.05 bits per heavy atom. The molecule has 0 spiro atoms. The van der Waals surface area contributed by atoms with Gasteiger partial charge in [0.05, 0.1) is 5.69 Å². The second-order valence-electron chi connectivity index (χ2n) is 4.74. The fraction of sp³-hybridized carbons (Fsp3) is 0.250. The molecule has 2 rings (SSSR count). The van der Waals surface area contributed by atoms with Crippen LogP contribution in [0.2, 0.25) is 5.15 Å². The van der Waals surface area contributed by atoms with Crippen LogP contribution in [0.15, 0.2) is 36.4 Å². The molecule has 110 valence electrons. The zero-order chi connectivity index (χ0) is 15.4. The maximum absolute atomic E-state index is 13.8. The summed E-state index contributed by atoms with van der Waals surface area (Å²) < 4.78 is 13.8. The van der Waals surface area contributed by atoms with Crippen LogP contribution < -0.4 is 4.90 Å². The van der Waals surface area contributed by atoms with Gasteiger partial charge in [-0.2, -0.15) is 0 Å². The van der Waals surface area contributed by atoms with Crippen LogP contribution in [0.3, 0.4) is 0 Å². The minimum atomic E-state index is -0.442. The number of aryl methyl sites for hydroxylation is 1. The number of pyridine rings is 1. The van der Waals surface area contributed by atoms with Crippen molar-refractivity contribution < 1.29 is 9.18 Å². The second kappa shape index (κ2) is 6.68. The Morgan fingerprint density at radius 1 is 1.33 bits per heavy atom. The summed E-state index contributed by atoms with van der Waals surface area (Å²) in [6.07, 6.45) is 1.65. The summed E-state index contributed by atoms with van der Waals surface area (Å²) in [5, 5.41) is 0.270. The number of halogens is 2. The zero-order valence-electron chi connectivity index (χ0n) is 11.9. The van der Waals surface area contributed by atoms with Gasteiger partial charge in [0.2, 0.25) is 0 Å². The number of benzene rings is 1. The Morgan fingerprint density at radius 3 is 2.71 bits per heavy atom. The summed E-state index contributed by atoms with van der Waals surface area (Å²) in [6.45, 7) is 2.02. The molecule has 21 heavy (non-hydrogen) atoms. The van der Waals surface area contributed by atoms with E-state index >= 15 is 0 Å². The quantitative estimate of drug-likeness (QED) is 0.797. The van der Waals surface area contributed by atoms with Crippen molar-refractivity contribution in [3.05, 3.63) is 58.6 Å². The van der Waals surface area contributed by atoms with Crippen molar-refractivity contribution in [3.63, 3.8) is 0 Å². The summed E-state index contributed by atoms with van der Waals surface area (Å²) >= 11 is 5.96. The predicted octanol–water partition coefficient (Wildman–Crippen LogP) is 4.10. The van der Waals surface area contributed by atoms with Crippen LogP contribution in [0, 0.1) is 5.82 Å². The molecule has 0 N–H and O–H groups in total. The molecule has 0 atom stereocenters. The fourth-order valence-electron chi connectivity index (χ4n) is 2.09.